The van der Waals surface area contributed by atoms with E-state index in [4.69, 9.17) is 9.47 Å². The van der Waals surface area contributed by atoms with Gasteiger partial charge in [-0.1, -0.05) is 0 Å². The lowest BCUT2D eigenvalue weighted by molar-refractivity contribution is -0.162. The fourth-order valence-electron chi connectivity index (χ4n) is 3.82. The first-order chi connectivity index (χ1) is 16.0. The zero-order valence-electron chi connectivity index (χ0n) is 19.3. The Hall–Kier alpha value is -3.15. The Morgan fingerprint density at radius 3 is 2.41 bits per heavy atom. The van der Waals surface area contributed by atoms with Gasteiger partial charge in [0.05, 0.1) is 20.3 Å². The van der Waals surface area contributed by atoms with Gasteiger partial charge in [-0.05, 0) is 19.4 Å². The molecule has 0 N–H and O–H groups in total. The molecule has 0 unspecified atom stereocenters. The molecule has 0 aromatic heterocycles. The van der Waals surface area contributed by atoms with Crippen LogP contribution in [0.2, 0.25) is 0 Å². The smallest absolute Gasteiger partial charge is 0.331 e. The zero-order chi connectivity index (χ0) is 25.6. The number of amides is 2. The number of ether oxygens (including phenoxy) is 3. The van der Waals surface area contributed by atoms with Crippen molar-refractivity contribution in [1.29, 1.82) is 0 Å². The van der Waals surface area contributed by atoms with Gasteiger partial charge >= 0.3 is 11.9 Å². The Balaban J connectivity index is 2.30. The van der Waals surface area contributed by atoms with E-state index in [1.165, 1.54) is 14.0 Å². The van der Waals surface area contributed by atoms with E-state index in [2.05, 4.69) is 4.74 Å². The number of carbonyl (C=O) groups is 4. The lowest BCUT2D eigenvalue weighted by atomic mass is 10.1. The molecule has 1 aliphatic heterocycles. The van der Waals surface area contributed by atoms with Crippen molar-refractivity contribution in [3.8, 4) is 0 Å². The van der Waals surface area contributed by atoms with Crippen LogP contribution in [0, 0.1) is 17.5 Å². The van der Waals surface area contributed by atoms with Gasteiger partial charge < -0.3 is 24.0 Å². The van der Waals surface area contributed by atoms with Gasteiger partial charge in [-0.15, -0.1) is 0 Å². The number of hydrogen-bond donors (Lipinski definition) is 0. The van der Waals surface area contributed by atoms with E-state index in [0.717, 1.165) is 30.1 Å². The van der Waals surface area contributed by atoms with Gasteiger partial charge in [-0.3, -0.25) is 14.4 Å². The van der Waals surface area contributed by atoms with Crippen LogP contribution >= 0.6 is 0 Å². The Morgan fingerprint density at radius 2 is 1.82 bits per heavy atom. The molecule has 0 spiro atoms. The first-order valence-electron chi connectivity index (χ1n) is 10.4. The molecule has 188 valence electrons. The predicted octanol–water partition coefficient (Wildman–Crippen LogP) is 1.56. The Labute approximate surface area is 194 Å². The molecule has 2 amide bonds. The molecule has 1 heterocycles. The Morgan fingerprint density at radius 1 is 1.15 bits per heavy atom. The second-order valence-electron chi connectivity index (χ2n) is 7.79. The van der Waals surface area contributed by atoms with E-state index < -0.39 is 72.5 Å². The van der Waals surface area contributed by atoms with Crippen LogP contribution in [0.25, 0.3) is 0 Å². The molecule has 34 heavy (non-hydrogen) atoms. The fourth-order valence-corrected chi connectivity index (χ4v) is 3.82. The van der Waals surface area contributed by atoms with E-state index in [9.17, 15) is 32.3 Å². The summed E-state index contributed by atoms with van der Waals surface area (Å²) in [5.74, 6) is -6.46. The zero-order valence-corrected chi connectivity index (χ0v) is 19.3. The number of nitrogens with zero attached hydrogens (tertiary/aromatic N) is 2. The maximum absolute atomic E-state index is 14.2. The average Bonchev–Trinajstić information content (AvgIpc) is 3.14. The maximum atomic E-state index is 14.2. The van der Waals surface area contributed by atoms with Crippen LogP contribution in [0.4, 0.5) is 13.2 Å². The van der Waals surface area contributed by atoms with E-state index >= 15 is 0 Å². The summed E-state index contributed by atoms with van der Waals surface area (Å²) in [5.41, 5.74) is -0.378. The highest BCUT2D eigenvalue weighted by molar-refractivity contribution is 5.89. The molecule has 1 aromatic carbocycles. The van der Waals surface area contributed by atoms with Gasteiger partial charge in [0.2, 0.25) is 11.8 Å². The highest BCUT2D eigenvalue weighted by Crippen LogP contribution is 2.27. The summed E-state index contributed by atoms with van der Waals surface area (Å²) >= 11 is 0. The first-order valence-corrected chi connectivity index (χ1v) is 10.4. The van der Waals surface area contributed by atoms with Gasteiger partial charge in [-0.2, -0.15) is 0 Å². The highest BCUT2D eigenvalue weighted by atomic mass is 19.2. The van der Waals surface area contributed by atoms with Crippen molar-refractivity contribution >= 4 is 23.8 Å². The quantitative estimate of drug-likeness (QED) is 0.364. The molecule has 3 atom stereocenters. The number of benzene rings is 1. The van der Waals surface area contributed by atoms with Crippen LogP contribution in [0.1, 0.15) is 31.7 Å². The second-order valence-corrected chi connectivity index (χ2v) is 7.79. The van der Waals surface area contributed by atoms with E-state index in [1.807, 2.05) is 0 Å². The molecule has 0 radical (unpaired) electrons. The topological polar surface area (TPSA) is 102 Å². The lowest BCUT2D eigenvalue weighted by Gasteiger charge is -2.34. The normalized spacial score (nSPS) is 17.3. The van der Waals surface area contributed by atoms with E-state index in [-0.39, 0.29) is 24.8 Å². The minimum atomic E-state index is -1.40. The summed E-state index contributed by atoms with van der Waals surface area (Å²) in [6, 6.07) is -0.885. The minimum absolute atomic E-state index is 0.0310. The van der Waals surface area contributed by atoms with Crippen LogP contribution in [-0.4, -0.2) is 79.6 Å². The maximum Gasteiger partial charge on any atom is 0.331 e. The molecular formula is C22H27F3N2O7. The monoisotopic (exact) mass is 488 g/mol. The summed E-state index contributed by atoms with van der Waals surface area (Å²) in [5, 5.41) is 0. The molecular weight excluding hydrogens is 461 g/mol. The standard InChI is InChI=1S/C22H27F3N2O7/c1-12(32-2)21(22(31)34-4)27(11-19(30)33-3)18(29)9-15-5-6-17(28)26(15)10-13-7-14(23)8-16(24)20(13)25/h7-8,12,15,21H,5-6,9-11H2,1-4H3/t12-,15+,21+/m1/s1. The molecule has 1 saturated heterocycles. The number of esters is 2. The van der Waals surface area contributed by atoms with Crippen LogP contribution in [-0.2, 0) is 39.9 Å². The first kappa shape index (κ1) is 27.1. The van der Waals surface area contributed by atoms with Gasteiger partial charge in [0, 0.05) is 44.2 Å². The SMILES string of the molecule is COC(=O)CN(C(=O)C[C@@H]1CCC(=O)N1Cc1cc(F)cc(F)c1F)[C@H](C(=O)OC)[C@@H](C)OC. The third-order valence-electron chi connectivity index (χ3n) is 5.71. The summed E-state index contributed by atoms with van der Waals surface area (Å²) in [6.45, 7) is 0.461. The van der Waals surface area contributed by atoms with Gasteiger partial charge in [-0.25, -0.2) is 18.0 Å². The third-order valence-corrected chi connectivity index (χ3v) is 5.71. The molecule has 0 aliphatic carbocycles. The summed E-state index contributed by atoms with van der Waals surface area (Å²) in [4.78, 5) is 52.1. The molecule has 0 saturated carbocycles. The number of methoxy groups -OCH3 is 3. The fraction of sp³-hybridized carbons (Fsp3) is 0.545. The minimum Gasteiger partial charge on any atom is -0.468 e. The number of halogens is 3. The van der Waals surface area contributed by atoms with Crippen LogP contribution < -0.4 is 0 Å². The molecule has 12 heteroatoms. The Kier molecular flexibility index (Phi) is 9.42. The van der Waals surface area contributed by atoms with E-state index in [0.29, 0.717) is 6.07 Å². The largest absolute Gasteiger partial charge is 0.468 e. The highest BCUT2D eigenvalue weighted by Gasteiger charge is 2.40. The van der Waals surface area contributed by atoms with Crippen LogP contribution in [0.3, 0.4) is 0 Å². The summed E-state index contributed by atoms with van der Waals surface area (Å²) in [6.07, 6.45) is -0.958. The molecule has 1 aromatic rings. The van der Waals surface area contributed by atoms with Crippen molar-refractivity contribution in [3.05, 3.63) is 35.1 Å². The van der Waals surface area contributed by atoms with Gasteiger partial charge in [0.1, 0.15) is 12.4 Å². The number of likely N-dealkylation sites (tertiary alicyclic amines) is 1. The molecule has 1 aliphatic rings. The summed E-state index contributed by atoms with van der Waals surface area (Å²) in [7, 11) is 3.54. The molecule has 0 bridgehead atoms. The van der Waals surface area contributed by atoms with Crippen molar-refractivity contribution in [2.75, 3.05) is 27.9 Å². The average molecular weight is 488 g/mol. The predicted molar refractivity (Wildman–Crippen MR) is 111 cm³/mol. The third kappa shape index (κ3) is 6.25. The number of hydrogen-bond acceptors (Lipinski definition) is 7. The Bertz CT molecular complexity index is 943. The lowest BCUT2D eigenvalue weighted by Crippen LogP contribution is -2.54. The van der Waals surface area contributed by atoms with Crippen molar-refractivity contribution < 1.29 is 46.6 Å². The number of carbonyl (C=O) groups excluding carboxylic acids is 4. The summed E-state index contributed by atoms with van der Waals surface area (Å²) < 4.78 is 55.9. The molecule has 9 nitrogen and oxygen atoms in total. The number of rotatable bonds is 10. The van der Waals surface area contributed by atoms with Crippen LogP contribution in [0.15, 0.2) is 12.1 Å². The van der Waals surface area contributed by atoms with Crippen LogP contribution in [0.5, 0.6) is 0 Å². The van der Waals surface area contributed by atoms with Crippen molar-refractivity contribution in [3.63, 3.8) is 0 Å². The van der Waals surface area contributed by atoms with Crippen molar-refractivity contribution in [2.24, 2.45) is 0 Å². The molecule has 2 rings (SSSR count). The second kappa shape index (κ2) is 11.8. The van der Waals surface area contributed by atoms with Crippen molar-refractivity contribution in [1.82, 2.24) is 9.80 Å². The van der Waals surface area contributed by atoms with Crippen molar-refractivity contribution in [2.45, 2.75) is 50.9 Å². The van der Waals surface area contributed by atoms with Gasteiger partial charge in [0.25, 0.3) is 0 Å². The van der Waals surface area contributed by atoms with Gasteiger partial charge in [0.15, 0.2) is 17.7 Å². The van der Waals surface area contributed by atoms with E-state index in [1.54, 1.807) is 0 Å². The molecule has 1 fully saturated rings.